The van der Waals surface area contributed by atoms with Gasteiger partial charge < -0.3 is 15.0 Å². The SMILES string of the molecule is CC1CC(C)CN(C(=NCC2CCS(=O)(=O)C2)NCC2CCCCO2)C1. The third-order valence-corrected chi connectivity index (χ3v) is 7.59. The molecule has 0 aromatic carbocycles. The fourth-order valence-corrected chi connectivity index (χ4v) is 6.36. The number of nitrogens with zero attached hydrogens (tertiary/aromatic N) is 2. The molecule has 0 amide bonds. The van der Waals surface area contributed by atoms with Gasteiger partial charge in [0.25, 0.3) is 0 Å². The van der Waals surface area contributed by atoms with Gasteiger partial charge in [-0.3, -0.25) is 4.99 Å². The van der Waals surface area contributed by atoms with Crippen LogP contribution in [0.5, 0.6) is 0 Å². The van der Waals surface area contributed by atoms with Crippen molar-refractivity contribution < 1.29 is 13.2 Å². The minimum atomic E-state index is -2.84. The molecule has 0 aromatic heterocycles. The number of hydrogen-bond acceptors (Lipinski definition) is 4. The van der Waals surface area contributed by atoms with Crippen LogP contribution < -0.4 is 5.32 Å². The number of piperidine rings is 1. The molecule has 3 saturated heterocycles. The number of hydrogen-bond donors (Lipinski definition) is 1. The molecule has 7 heteroatoms. The highest BCUT2D eigenvalue weighted by atomic mass is 32.2. The molecule has 0 aliphatic carbocycles. The second-order valence-corrected chi connectivity index (χ2v) is 10.9. The first-order valence-electron chi connectivity index (χ1n) is 10.3. The summed E-state index contributed by atoms with van der Waals surface area (Å²) in [5.74, 6) is 3.04. The van der Waals surface area contributed by atoms with Gasteiger partial charge in [-0.15, -0.1) is 0 Å². The van der Waals surface area contributed by atoms with Gasteiger partial charge in [-0.25, -0.2) is 8.42 Å². The Kier molecular flexibility index (Phi) is 6.83. The molecule has 0 saturated carbocycles. The van der Waals surface area contributed by atoms with Crippen LogP contribution in [0.4, 0.5) is 0 Å². The van der Waals surface area contributed by atoms with Crippen LogP contribution in [0.15, 0.2) is 4.99 Å². The Morgan fingerprint density at radius 1 is 1.19 bits per heavy atom. The molecular formula is C19H35N3O3S. The summed E-state index contributed by atoms with van der Waals surface area (Å²) in [4.78, 5) is 7.23. The first-order valence-corrected chi connectivity index (χ1v) is 12.1. The number of sulfone groups is 1. The van der Waals surface area contributed by atoms with E-state index in [1.54, 1.807) is 0 Å². The topological polar surface area (TPSA) is 71.0 Å². The molecule has 150 valence electrons. The van der Waals surface area contributed by atoms with Crippen molar-refractivity contribution in [3.05, 3.63) is 0 Å². The van der Waals surface area contributed by atoms with Crippen LogP contribution in [0.2, 0.25) is 0 Å². The third-order valence-electron chi connectivity index (χ3n) is 5.76. The molecule has 3 aliphatic rings. The van der Waals surface area contributed by atoms with Gasteiger partial charge >= 0.3 is 0 Å². The lowest BCUT2D eigenvalue weighted by atomic mass is 9.92. The Bertz CT molecular complexity index is 577. The molecule has 3 heterocycles. The second kappa shape index (κ2) is 8.91. The highest BCUT2D eigenvalue weighted by Gasteiger charge is 2.29. The van der Waals surface area contributed by atoms with Crippen LogP contribution in [-0.4, -0.2) is 69.7 Å². The van der Waals surface area contributed by atoms with Crippen LogP contribution in [0.3, 0.4) is 0 Å². The quantitative estimate of drug-likeness (QED) is 0.591. The summed E-state index contributed by atoms with van der Waals surface area (Å²) in [7, 11) is -2.84. The van der Waals surface area contributed by atoms with Crippen molar-refractivity contribution in [1.82, 2.24) is 10.2 Å². The summed E-state index contributed by atoms with van der Waals surface area (Å²) in [6.07, 6.45) is 5.77. The molecule has 0 bridgehead atoms. The van der Waals surface area contributed by atoms with Gasteiger partial charge in [0.05, 0.1) is 17.6 Å². The van der Waals surface area contributed by atoms with E-state index in [1.807, 2.05) is 0 Å². The second-order valence-electron chi connectivity index (χ2n) is 8.65. The summed E-state index contributed by atoms with van der Waals surface area (Å²) in [6.45, 7) is 8.89. The Hall–Kier alpha value is -0.820. The lowest BCUT2D eigenvalue weighted by molar-refractivity contribution is 0.0189. The molecule has 26 heavy (non-hydrogen) atoms. The van der Waals surface area contributed by atoms with E-state index in [1.165, 1.54) is 12.8 Å². The number of aliphatic imine (C=N–C) groups is 1. The van der Waals surface area contributed by atoms with E-state index >= 15 is 0 Å². The molecule has 3 rings (SSSR count). The van der Waals surface area contributed by atoms with Gasteiger partial charge in [-0.1, -0.05) is 13.8 Å². The maximum Gasteiger partial charge on any atom is 0.194 e. The van der Waals surface area contributed by atoms with Crippen molar-refractivity contribution in [3.8, 4) is 0 Å². The summed E-state index contributed by atoms with van der Waals surface area (Å²) in [5.41, 5.74) is 0. The van der Waals surface area contributed by atoms with Crippen molar-refractivity contribution in [2.75, 3.05) is 44.3 Å². The lowest BCUT2D eigenvalue weighted by Crippen LogP contribution is -2.50. The number of likely N-dealkylation sites (tertiary alicyclic amines) is 1. The van der Waals surface area contributed by atoms with Crippen molar-refractivity contribution in [2.45, 2.75) is 52.1 Å². The predicted molar refractivity (Wildman–Crippen MR) is 105 cm³/mol. The van der Waals surface area contributed by atoms with Gasteiger partial charge in [0.15, 0.2) is 15.8 Å². The van der Waals surface area contributed by atoms with Gasteiger partial charge in [0, 0.05) is 32.8 Å². The summed E-state index contributed by atoms with van der Waals surface area (Å²) < 4.78 is 29.3. The molecule has 0 radical (unpaired) electrons. The number of ether oxygens (including phenoxy) is 1. The van der Waals surface area contributed by atoms with Crippen molar-refractivity contribution in [2.24, 2.45) is 22.7 Å². The zero-order valence-corrected chi connectivity index (χ0v) is 17.1. The standard InChI is InChI=1S/C19H35N3O3S/c1-15-9-16(2)13-22(12-15)19(21-11-18-5-3-4-7-25-18)20-10-17-6-8-26(23,24)14-17/h15-18H,3-14H2,1-2H3,(H,20,21). The predicted octanol–water partition coefficient (Wildman–Crippen LogP) is 1.91. The van der Waals surface area contributed by atoms with Crippen LogP contribution in [-0.2, 0) is 14.6 Å². The van der Waals surface area contributed by atoms with Gasteiger partial charge in [-0.2, -0.15) is 0 Å². The first-order chi connectivity index (χ1) is 12.4. The van der Waals surface area contributed by atoms with E-state index in [4.69, 9.17) is 9.73 Å². The van der Waals surface area contributed by atoms with E-state index in [-0.39, 0.29) is 12.0 Å². The van der Waals surface area contributed by atoms with Crippen LogP contribution >= 0.6 is 0 Å². The van der Waals surface area contributed by atoms with Crippen LogP contribution in [0.25, 0.3) is 0 Å². The number of rotatable bonds is 4. The van der Waals surface area contributed by atoms with Gasteiger partial charge in [0.2, 0.25) is 0 Å². The van der Waals surface area contributed by atoms with Crippen molar-refractivity contribution >= 4 is 15.8 Å². The molecule has 4 unspecified atom stereocenters. The molecule has 1 N–H and O–H groups in total. The molecule has 0 aromatic rings. The molecule has 3 aliphatic heterocycles. The lowest BCUT2D eigenvalue weighted by Gasteiger charge is -2.37. The van der Waals surface area contributed by atoms with E-state index in [2.05, 4.69) is 24.1 Å². The zero-order chi connectivity index (χ0) is 18.6. The van der Waals surface area contributed by atoms with Crippen molar-refractivity contribution in [3.63, 3.8) is 0 Å². The highest BCUT2D eigenvalue weighted by Crippen LogP contribution is 2.22. The Morgan fingerprint density at radius 3 is 2.58 bits per heavy atom. The van der Waals surface area contributed by atoms with E-state index in [9.17, 15) is 8.42 Å². The van der Waals surface area contributed by atoms with Crippen LogP contribution in [0, 0.1) is 17.8 Å². The van der Waals surface area contributed by atoms with E-state index < -0.39 is 9.84 Å². The third kappa shape index (κ3) is 5.84. The fourth-order valence-electron chi connectivity index (χ4n) is 4.51. The summed E-state index contributed by atoms with van der Waals surface area (Å²) in [5, 5.41) is 3.55. The Morgan fingerprint density at radius 2 is 1.96 bits per heavy atom. The monoisotopic (exact) mass is 385 g/mol. The Balaban J connectivity index is 1.62. The van der Waals surface area contributed by atoms with E-state index in [0.717, 1.165) is 51.5 Å². The van der Waals surface area contributed by atoms with Gasteiger partial charge in [-0.05, 0) is 49.9 Å². The Labute approximate surface area is 158 Å². The smallest absolute Gasteiger partial charge is 0.194 e. The molecule has 0 spiro atoms. The largest absolute Gasteiger partial charge is 0.376 e. The molecular weight excluding hydrogens is 350 g/mol. The summed E-state index contributed by atoms with van der Waals surface area (Å²) >= 11 is 0. The molecule has 4 atom stereocenters. The number of guanidine groups is 1. The minimum Gasteiger partial charge on any atom is -0.376 e. The highest BCUT2D eigenvalue weighted by molar-refractivity contribution is 7.91. The zero-order valence-electron chi connectivity index (χ0n) is 16.3. The normalized spacial score (nSPS) is 35.5. The molecule has 3 fully saturated rings. The first kappa shape index (κ1) is 19.9. The average molecular weight is 386 g/mol. The summed E-state index contributed by atoms with van der Waals surface area (Å²) in [6, 6.07) is 0. The van der Waals surface area contributed by atoms with Gasteiger partial charge in [0.1, 0.15) is 0 Å². The number of nitrogens with one attached hydrogen (secondary N) is 1. The van der Waals surface area contributed by atoms with Crippen molar-refractivity contribution in [1.29, 1.82) is 0 Å². The molecule has 6 nitrogen and oxygen atoms in total. The van der Waals surface area contributed by atoms with E-state index in [0.29, 0.717) is 29.9 Å². The maximum atomic E-state index is 11.7. The maximum absolute atomic E-state index is 11.7. The fraction of sp³-hybridized carbons (Fsp3) is 0.947. The van der Waals surface area contributed by atoms with Crippen LogP contribution in [0.1, 0.15) is 46.0 Å². The minimum absolute atomic E-state index is 0.169. The average Bonchev–Trinajstić information content (AvgIpc) is 2.94.